The lowest BCUT2D eigenvalue weighted by Crippen LogP contribution is -2.38. The summed E-state index contributed by atoms with van der Waals surface area (Å²) in [7, 11) is 0. The molecule has 0 bridgehead atoms. The molecule has 2 rings (SSSR count). The van der Waals surface area contributed by atoms with Crippen molar-refractivity contribution in [2.24, 2.45) is 5.73 Å². The number of halogens is 2. The zero-order chi connectivity index (χ0) is 13.1. The highest BCUT2D eigenvalue weighted by Gasteiger charge is 2.32. The largest absolute Gasteiger partial charge is 0.329 e. The van der Waals surface area contributed by atoms with Crippen molar-refractivity contribution in [1.82, 2.24) is 4.90 Å². The van der Waals surface area contributed by atoms with Gasteiger partial charge in [-0.15, -0.1) is 0 Å². The number of likely N-dealkylation sites (tertiary alicyclic amines) is 1. The van der Waals surface area contributed by atoms with Gasteiger partial charge in [-0.1, -0.05) is 13.0 Å². The van der Waals surface area contributed by atoms with Crippen molar-refractivity contribution < 1.29 is 8.78 Å². The van der Waals surface area contributed by atoms with E-state index in [0.717, 1.165) is 25.8 Å². The summed E-state index contributed by atoms with van der Waals surface area (Å²) < 4.78 is 27.7. The maximum atomic E-state index is 13.8. The first-order valence-electron chi connectivity index (χ1n) is 6.58. The van der Waals surface area contributed by atoms with Gasteiger partial charge in [0.15, 0.2) is 0 Å². The van der Waals surface area contributed by atoms with E-state index in [1.165, 1.54) is 18.2 Å². The Balaban J connectivity index is 2.33. The van der Waals surface area contributed by atoms with Gasteiger partial charge in [-0.2, -0.15) is 0 Å². The fourth-order valence-corrected chi connectivity index (χ4v) is 2.95. The fraction of sp³-hybridized carbons (Fsp3) is 0.571. The van der Waals surface area contributed by atoms with Crippen molar-refractivity contribution in [3.63, 3.8) is 0 Å². The summed E-state index contributed by atoms with van der Waals surface area (Å²) in [5, 5.41) is 0. The van der Waals surface area contributed by atoms with E-state index < -0.39 is 11.6 Å². The van der Waals surface area contributed by atoms with Gasteiger partial charge in [0.25, 0.3) is 0 Å². The lowest BCUT2D eigenvalue weighted by molar-refractivity contribution is 0.173. The summed E-state index contributed by atoms with van der Waals surface area (Å²) in [6.07, 6.45) is 3.15. The van der Waals surface area contributed by atoms with Crippen molar-refractivity contribution in [2.45, 2.75) is 38.3 Å². The topological polar surface area (TPSA) is 29.3 Å². The molecule has 0 spiro atoms. The van der Waals surface area contributed by atoms with Crippen LogP contribution >= 0.6 is 0 Å². The molecule has 1 heterocycles. The van der Waals surface area contributed by atoms with Crippen LogP contribution in [0.2, 0.25) is 0 Å². The van der Waals surface area contributed by atoms with E-state index in [0.29, 0.717) is 6.04 Å². The van der Waals surface area contributed by atoms with E-state index in [4.69, 9.17) is 5.73 Å². The highest BCUT2D eigenvalue weighted by Crippen LogP contribution is 2.32. The highest BCUT2D eigenvalue weighted by molar-refractivity contribution is 5.24. The molecule has 2 unspecified atom stereocenters. The first-order valence-corrected chi connectivity index (χ1v) is 6.58. The second-order valence-electron chi connectivity index (χ2n) is 4.83. The third-order valence-electron chi connectivity index (χ3n) is 3.85. The van der Waals surface area contributed by atoms with Crippen LogP contribution < -0.4 is 5.73 Å². The Kier molecular flexibility index (Phi) is 4.30. The molecule has 18 heavy (non-hydrogen) atoms. The third kappa shape index (κ3) is 2.40. The molecule has 0 aliphatic carbocycles. The Morgan fingerprint density at radius 1 is 1.39 bits per heavy atom. The first kappa shape index (κ1) is 13.4. The van der Waals surface area contributed by atoms with E-state index in [1.54, 1.807) is 0 Å². The second kappa shape index (κ2) is 5.76. The highest BCUT2D eigenvalue weighted by atomic mass is 19.1. The zero-order valence-corrected chi connectivity index (χ0v) is 10.7. The van der Waals surface area contributed by atoms with Crippen LogP contribution in [0.3, 0.4) is 0 Å². The van der Waals surface area contributed by atoms with Gasteiger partial charge in [-0.25, -0.2) is 8.78 Å². The predicted octanol–water partition coefficient (Wildman–Crippen LogP) is 2.84. The summed E-state index contributed by atoms with van der Waals surface area (Å²) in [6.45, 7) is 3.22. The monoisotopic (exact) mass is 254 g/mol. The van der Waals surface area contributed by atoms with Crippen molar-refractivity contribution >= 4 is 0 Å². The third-order valence-corrected chi connectivity index (χ3v) is 3.85. The minimum absolute atomic E-state index is 0.125. The average molecular weight is 254 g/mol. The summed E-state index contributed by atoms with van der Waals surface area (Å²) in [6, 6.07) is 4.04. The molecule has 100 valence electrons. The fourth-order valence-electron chi connectivity index (χ4n) is 2.95. The smallest absolute Gasteiger partial charge is 0.130 e. The van der Waals surface area contributed by atoms with Crippen LogP contribution in [0.15, 0.2) is 18.2 Å². The van der Waals surface area contributed by atoms with Crippen LogP contribution in [0.25, 0.3) is 0 Å². The molecular formula is C14H20F2N2. The van der Waals surface area contributed by atoms with Gasteiger partial charge in [0.1, 0.15) is 11.6 Å². The maximum Gasteiger partial charge on any atom is 0.130 e. The summed E-state index contributed by atoms with van der Waals surface area (Å²) in [5.41, 5.74) is 5.89. The SMILES string of the molecule is CCC1CCCN1C(CN)c1c(F)cccc1F. The van der Waals surface area contributed by atoms with Gasteiger partial charge in [0.05, 0.1) is 6.04 Å². The number of hydrogen-bond donors (Lipinski definition) is 1. The predicted molar refractivity (Wildman–Crippen MR) is 68.2 cm³/mol. The molecule has 4 heteroatoms. The molecule has 1 saturated heterocycles. The van der Waals surface area contributed by atoms with Gasteiger partial charge in [-0.3, -0.25) is 4.90 Å². The van der Waals surface area contributed by atoms with E-state index >= 15 is 0 Å². The standard InChI is InChI=1S/C14H20F2N2/c1-2-10-5-4-8-18(10)13(9-17)14-11(15)6-3-7-12(14)16/h3,6-7,10,13H,2,4-5,8-9,17H2,1H3. The van der Waals surface area contributed by atoms with Crippen LogP contribution in [-0.4, -0.2) is 24.0 Å². The van der Waals surface area contributed by atoms with Gasteiger partial charge >= 0.3 is 0 Å². The summed E-state index contributed by atoms with van der Waals surface area (Å²) in [4.78, 5) is 2.15. The first-order chi connectivity index (χ1) is 8.69. The minimum Gasteiger partial charge on any atom is -0.329 e. The van der Waals surface area contributed by atoms with Gasteiger partial charge in [0, 0.05) is 18.2 Å². The average Bonchev–Trinajstić information content (AvgIpc) is 2.82. The van der Waals surface area contributed by atoms with Gasteiger partial charge in [0.2, 0.25) is 0 Å². The minimum atomic E-state index is -0.493. The van der Waals surface area contributed by atoms with E-state index in [9.17, 15) is 8.78 Å². The molecule has 1 aromatic rings. The molecule has 0 saturated carbocycles. The summed E-state index contributed by atoms with van der Waals surface area (Å²) >= 11 is 0. The van der Waals surface area contributed by atoms with Gasteiger partial charge in [-0.05, 0) is 37.9 Å². The zero-order valence-electron chi connectivity index (χ0n) is 10.7. The lowest BCUT2D eigenvalue weighted by atomic mass is 10.0. The Labute approximate surface area is 107 Å². The number of benzene rings is 1. The molecule has 1 fully saturated rings. The summed E-state index contributed by atoms with van der Waals surface area (Å²) in [5.74, 6) is -0.987. The maximum absolute atomic E-state index is 13.8. The molecule has 1 aliphatic rings. The van der Waals surface area contributed by atoms with Crippen molar-refractivity contribution in [1.29, 1.82) is 0 Å². The number of hydrogen-bond acceptors (Lipinski definition) is 2. The second-order valence-corrected chi connectivity index (χ2v) is 4.83. The molecule has 2 N–H and O–H groups in total. The molecule has 2 atom stereocenters. The van der Waals surface area contributed by atoms with Gasteiger partial charge < -0.3 is 5.73 Å². The number of nitrogens with zero attached hydrogens (tertiary/aromatic N) is 1. The molecule has 1 aromatic carbocycles. The number of nitrogens with two attached hydrogens (primary N) is 1. The molecular weight excluding hydrogens is 234 g/mol. The van der Waals surface area contributed by atoms with Crippen LogP contribution in [0, 0.1) is 11.6 Å². The Morgan fingerprint density at radius 3 is 2.61 bits per heavy atom. The Hall–Kier alpha value is -1.00. The van der Waals surface area contributed by atoms with Crippen LogP contribution in [0.4, 0.5) is 8.78 Å². The van der Waals surface area contributed by atoms with Crippen LogP contribution in [0.5, 0.6) is 0 Å². The van der Waals surface area contributed by atoms with Crippen molar-refractivity contribution in [3.8, 4) is 0 Å². The normalized spacial score (nSPS) is 22.3. The molecule has 0 radical (unpaired) electrons. The quantitative estimate of drug-likeness (QED) is 0.895. The van der Waals surface area contributed by atoms with E-state index in [-0.39, 0.29) is 18.2 Å². The molecule has 0 aromatic heterocycles. The van der Waals surface area contributed by atoms with E-state index in [2.05, 4.69) is 11.8 Å². The van der Waals surface area contributed by atoms with Crippen LogP contribution in [0.1, 0.15) is 37.8 Å². The Morgan fingerprint density at radius 2 is 2.06 bits per heavy atom. The van der Waals surface area contributed by atoms with Crippen molar-refractivity contribution in [2.75, 3.05) is 13.1 Å². The van der Waals surface area contributed by atoms with Crippen molar-refractivity contribution in [3.05, 3.63) is 35.4 Å². The Bertz CT molecular complexity index is 389. The number of rotatable bonds is 4. The van der Waals surface area contributed by atoms with Crippen LogP contribution in [-0.2, 0) is 0 Å². The molecule has 2 nitrogen and oxygen atoms in total. The molecule has 1 aliphatic heterocycles. The lowest BCUT2D eigenvalue weighted by Gasteiger charge is -2.32. The van der Waals surface area contributed by atoms with E-state index in [1.807, 2.05) is 0 Å². The molecule has 0 amide bonds.